The molecule has 0 saturated carbocycles. The van der Waals surface area contributed by atoms with Gasteiger partial charge < -0.3 is 9.84 Å². The first-order chi connectivity index (χ1) is 6.52. The lowest BCUT2D eigenvalue weighted by Gasteiger charge is -2.07. The van der Waals surface area contributed by atoms with Crippen molar-refractivity contribution in [3.63, 3.8) is 0 Å². The Balaban J connectivity index is 2.93. The molecule has 0 heterocycles. The second kappa shape index (κ2) is 3.96. The van der Waals surface area contributed by atoms with Crippen molar-refractivity contribution in [2.75, 3.05) is 0 Å². The Hall–Kier alpha value is -1.77. The van der Waals surface area contributed by atoms with E-state index in [0.717, 1.165) is 0 Å². The number of phenolic OH excluding ortho intramolecular Hbond substituents is 1. The van der Waals surface area contributed by atoms with Gasteiger partial charge in [-0.2, -0.15) is 0 Å². The summed E-state index contributed by atoms with van der Waals surface area (Å²) < 4.78 is 4.99. The summed E-state index contributed by atoms with van der Waals surface area (Å²) in [6.07, 6.45) is 0. The summed E-state index contributed by atoms with van der Waals surface area (Å²) in [6.45, 7) is 6.71. The highest BCUT2D eigenvalue weighted by Gasteiger charge is 2.09. The van der Waals surface area contributed by atoms with Crippen LogP contribution in [0.5, 0.6) is 11.5 Å². The molecule has 1 N–H and O–H groups in total. The van der Waals surface area contributed by atoms with Crippen LogP contribution in [-0.2, 0) is 4.79 Å². The van der Waals surface area contributed by atoms with E-state index >= 15 is 0 Å². The van der Waals surface area contributed by atoms with Crippen LogP contribution >= 0.6 is 0 Å². The maximum atomic E-state index is 11.2. The molecule has 0 aliphatic rings. The number of carbonyl (C=O) groups is 1. The molecule has 0 atom stereocenters. The number of ether oxygens (including phenoxy) is 1. The smallest absolute Gasteiger partial charge is 0.338 e. The highest BCUT2D eigenvalue weighted by atomic mass is 16.5. The van der Waals surface area contributed by atoms with Crippen LogP contribution in [0.4, 0.5) is 0 Å². The van der Waals surface area contributed by atoms with Crippen molar-refractivity contribution in [2.24, 2.45) is 0 Å². The highest BCUT2D eigenvalue weighted by molar-refractivity contribution is 5.89. The molecule has 0 amide bonds. The zero-order valence-corrected chi connectivity index (χ0v) is 8.20. The first kappa shape index (κ1) is 10.3. The van der Waals surface area contributed by atoms with E-state index in [-0.39, 0.29) is 5.75 Å². The van der Waals surface area contributed by atoms with Crippen molar-refractivity contribution in [2.45, 2.75) is 13.8 Å². The van der Waals surface area contributed by atoms with E-state index in [2.05, 4.69) is 6.58 Å². The van der Waals surface area contributed by atoms with Crippen molar-refractivity contribution in [3.05, 3.63) is 35.9 Å². The molecule has 14 heavy (non-hydrogen) atoms. The topological polar surface area (TPSA) is 46.5 Å². The quantitative estimate of drug-likeness (QED) is 0.444. The zero-order chi connectivity index (χ0) is 10.7. The number of hydrogen-bond acceptors (Lipinski definition) is 3. The third kappa shape index (κ3) is 2.13. The Labute approximate surface area is 82.6 Å². The second-order valence-electron chi connectivity index (χ2n) is 3.07. The molecule has 0 aliphatic carbocycles. The predicted molar refractivity (Wildman–Crippen MR) is 53.3 cm³/mol. The molecule has 0 aliphatic heterocycles. The Bertz CT molecular complexity index is 380. The van der Waals surface area contributed by atoms with E-state index in [4.69, 9.17) is 4.74 Å². The van der Waals surface area contributed by atoms with E-state index in [0.29, 0.717) is 16.9 Å². The molecule has 0 saturated heterocycles. The van der Waals surface area contributed by atoms with Gasteiger partial charge in [-0.15, -0.1) is 0 Å². The minimum Gasteiger partial charge on any atom is -0.508 e. The Morgan fingerprint density at radius 3 is 2.71 bits per heavy atom. The summed E-state index contributed by atoms with van der Waals surface area (Å²) >= 11 is 0. The van der Waals surface area contributed by atoms with Crippen LogP contribution < -0.4 is 4.74 Å². The number of phenols is 1. The fraction of sp³-hybridized carbons (Fsp3) is 0.182. The zero-order valence-electron chi connectivity index (χ0n) is 8.20. The van der Waals surface area contributed by atoms with E-state index in [1.165, 1.54) is 6.07 Å². The van der Waals surface area contributed by atoms with Gasteiger partial charge in [0.25, 0.3) is 0 Å². The standard InChI is InChI=1S/C11H12O3/c1-7(2)11(13)14-10-6-4-5-9(12)8(10)3/h4-6,12H,1H2,2-3H3. The highest BCUT2D eigenvalue weighted by Crippen LogP contribution is 2.26. The van der Waals surface area contributed by atoms with Gasteiger partial charge in [-0.25, -0.2) is 4.79 Å². The SMILES string of the molecule is C=C(C)C(=O)Oc1cccc(O)c1C. The Kier molecular flexibility index (Phi) is 2.92. The fourth-order valence-corrected chi connectivity index (χ4v) is 0.900. The molecule has 3 nitrogen and oxygen atoms in total. The van der Waals surface area contributed by atoms with E-state index in [9.17, 15) is 9.90 Å². The average molecular weight is 192 g/mol. The normalized spacial score (nSPS) is 9.57. The predicted octanol–water partition coefficient (Wildman–Crippen LogP) is 2.18. The number of carbonyl (C=O) groups excluding carboxylic acids is 1. The Morgan fingerprint density at radius 2 is 2.14 bits per heavy atom. The van der Waals surface area contributed by atoms with Gasteiger partial charge in [-0.1, -0.05) is 12.6 Å². The summed E-state index contributed by atoms with van der Waals surface area (Å²) in [5, 5.41) is 9.34. The number of hydrogen-bond donors (Lipinski definition) is 1. The van der Waals surface area contributed by atoms with Gasteiger partial charge in [0.05, 0.1) is 0 Å². The summed E-state index contributed by atoms with van der Waals surface area (Å²) in [5.74, 6) is -0.0197. The molecular formula is C11H12O3. The summed E-state index contributed by atoms with van der Waals surface area (Å²) in [5.41, 5.74) is 0.870. The maximum Gasteiger partial charge on any atom is 0.338 e. The van der Waals surface area contributed by atoms with Gasteiger partial charge in [0.1, 0.15) is 11.5 Å². The lowest BCUT2D eigenvalue weighted by molar-refractivity contribution is -0.130. The van der Waals surface area contributed by atoms with Gasteiger partial charge in [-0.3, -0.25) is 0 Å². The van der Waals surface area contributed by atoms with Gasteiger partial charge in [0, 0.05) is 11.1 Å². The maximum absolute atomic E-state index is 11.2. The largest absolute Gasteiger partial charge is 0.508 e. The van der Waals surface area contributed by atoms with Crippen LogP contribution in [-0.4, -0.2) is 11.1 Å². The first-order valence-corrected chi connectivity index (χ1v) is 4.18. The molecule has 74 valence electrons. The fourth-order valence-electron chi connectivity index (χ4n) is 0.900. The van der Waals surface area contributed by atoms with Crippen LogP contribution in [0.25, 0.3) is 0 Å². The number of benzene rings is 1. The first-order valence-electron chi connectivity index (χ1n) is 4.18. The van der Waals surface area contributed by atoms with Crippen LogP contribution in [0.1, 0.15) is 12.5 Å². The van der Waals surface area contributed by atoms with Crippen molar-refractivity contribution >= 4 is 5.97 Å². The van der Waals surface area contributed by atoms with E-state index < -0.39 is 5.97 Å². The summed E-state index contributed by atoms with van der Waals surface area (Å²) in [6, 6.07) is 4.77. The molecule has 0 fully saturated rings. The number of esters is 1. The molecular weight excluding hydrogens is 180 g/mol. The molecule has 1 aromatic rings. The molecule has 0 aromatic heterocycles. The van der Waals surface area contributed by atoms with Crippen LogP contribution in [0.2, 0.25) is 0 Å². The number of rotatable bonds is 2. The lowest BCUT2D eigenvalue weighted by atomic mass is 10.2. The molecule has 0 unspecified atom stereocenters. The molecule has 0 radical (unpaired) electrons. The lowest BCUT2D eigenvalue weighted by Crippen LogP contribution is -2.08. The van der Waals surface area contributed by atoms with Gasteiger partial charge >= 0.3 is 5.97 Å². The monoisotopic (exact) mass is 192 g/mol. The average Bonchev–Trinajstić information content (AvgIpc) is 2.12. The van der Waals surface area contributed by atoms with Crippen molar-refractivity contribution in [1.82, 2.24) is 0 Å². The van der Waals surface area contributed by atoms with Crippen LogP contribution in [0.3, 0.4) is 0 Å². The minimum absolute atomic E-state index is 0.108. The van der Waals surface area contributed by atoms with E-state index in [1.807, 2.05) is 0 Å². The van der Waals surface area contributed by atoms with E-state index in [1.54, 1.807) is 26.0 Å². The third-order valence-corrected chi connectivity index (χ3v) is 1.81. The van der Waals surface area contributed by atoms with Crippen LogP contribution in [0.15, 0.2) is 30.4 Å². The number of aromatic hydroxyl groups is 1. The molecule has 1 aromatic carbocycles. The second-order valence-corrected chi connectivity index (χ2v) is 3.07. The molecule has 3 heteroatoms. The van der Waals surface area contributed by atoms with Gasteiger partial charge in [0.2, 0.25) is 0 Å². The minimum atomic E-state index is -0.487. The Morgan fingerprint density at radius 1 is 1.50 bits per heavy atom. The molecule has 1 rings (SSSR count). The summed E-state index contributed by atoms with van der Waals surface area (Å²) in [7, 11) is 0. The van der Waals surface area contributed by atoms with Crippen molar-refractivity contribution in [3.8, 4) is 11.5 Å². The van der Waals surface area contributed by atoms with Crippen LogP contribution in [0, 0.1) is 6.92 Å². The molecule has 0 bridgehead atoms. The van der Waals surface area contributed by atoms with Crippen molar-refractivity contribution < 1.29 is 14.6 Å². The summed E-state index contributed by atoms with van der Waals surface area (Å²) in [4.78, 5) is 11.2. The third-order valence-electron chi connectivity index (χ3n) is 1.81. The molecule has 0 spiro atoms. The van der Waals surface area contributed by atoms with Gasteiger partial charge in [-0.05, 0) is 26.0 Å². The van der Waals surface area contributed by atoms with Gasteiger partial charge in [0.15, 0.2) is 0 Å². The van der Waals surface area contributed by atoms with Crippen molar-refractivity contribution in [1.29, 1.82) is 0 Å².